The maximum Gasteiger partial charge on any atom is 0.227 e. The Kier molecular flexibility index (Phi) is 8.51. The van der Waals surface area contributed by atoms with Gasteiger partial charge in [0.15, 0.2) is 0 Å². The molecular formula is C18H29ClN2O. The summed E-state index contributed by atoms with van der Waals surface area (Å²) < 4.78 is 0. The largest absolute Gasteiger partial charge is 0.356 e. The summed E-state index contributed by atoms with van der Waals surface area (Å²) in [5.74, 6) is 1.24. The van der Waals surface area contributed by atoms with Crippen molar-refractivity contribution >= 4 is 18.3 Å². The molecule has 0 radical (unpaired) electrons. The highest BCUT2D eigenvalue weighted by Crippen LogP contribution is 2.27. The van der Waals surface area contributed by atoms with Gasteiger partial charge >= 0.3 is 0 Å². The van der Waals surface area contributed by atoms with Gasteiger partial charge in [-0.2, -0.15) is 0 Å². The van der Waals surface area contributed by atoms with Crippen molar-refractivity contribution in [3.05, 3.63) is 35.9 Å². The molecule has 1 aliphatic rings. The average Bonchev–Trinajstić information content (AvgIpc) is 3.01. The standard InChI is InChI=1S/C18H28N2O.ClH/c1-3-14(2)17(16-7-5-4-6-8-16)18(21)20-12-10-15-9-11-19-13-15;/h4-8,14-15,17,19H,3,9-13H2,1-2H3,(H,20,21);1H. The van der Waals surface area contributed by atoms with Crippen molar-refractivity contribution in [3.8, 4) is 0 Å². The second-order valence-electron chi connectivity index (χ2n) is 6.21. The third-order valence-electron chi connectivity index (χ3n) is 4.67. The molecule has 1 aliphatic heterocycles. The van der Waals surface area contributed by atoms with Gasteiger partial charge in [-0.05, 0) is 43.3 Å². The Morgan fingerprint density at radius 3 is 2.68 bits per heavy atom. The Morgan fingerprint density at radius 1 is 1.36 bits per heavy atom. The first-order valence-electron chi connectivity index (χ1n) is 8.25. The molecule has 1 aromatic rings. The summed E-state index contributed by atoms with van der Waals surface area (Å²) in [4.78, 5) is 12.6. The van der Waals surface area contributed by atoms with Crippen LogP contribution in [0.2, 0.25) is 0 Å². The van der Waals surface area contributed by atoms with Gasteiger partial charge < -0.3 is 10.6 Å². The third-order valence-corrected chi connectivity index (χ3v) is 4.67. The van der Waals surface area contributed by atoms with Crippen LogP contribution in [0.25, 0.3) is 0 Å². The Hall–Kier alpha value is -1.06. The minimum Gasteiger partial charge on any atom is -0.356 e. The van der Waals surface area contributed by atoms with Gasteiger partial charge in [-0.15, -0.1) is 12.4 Å². The molecule has 0 aliphatic carbocycles. The highest BCUT2D eigenvalue weighted by atomic mass is 35.5. The summed E-state index contributed by atoms with van der Waals surface area (Å²) in [6, 6.07) is 10.2. The van der Waals surface area contributed by atoms with Crippen LogP contribution in [0, 0.1) is 11.8 Å². The summed E-state index contributed by atoms with van der Waals surface area (Å²) in [6.07, 6.45) is 3.34. The summed E-state index contributed by atoms with van der Waals surface area (Å²) in [5.41, 5.74) is 1.13. The minimum absolute atomic E-state index is 0. The number of benzene rings is 1. The van der Waals surface area contributed by atoms with E-state index < -0.39 is 0 Å². The van der Waals surface area contributed by atoms with E-state index in [9.17, 15) is 4.79 Å². The van der Waals surface area contributed by atoms with E-state index in [4.69, 9.17) is 0 Å². The molecular weight excluding hydrogens is 296 g/mol. The second kappa shape index (κ2) is 9.86. The lowest BCUT2D eigenvalue weighted by Gasteiger charge is -2.23. The summed E-state index contributed by atoms with van der Waals surface area (Å²) in [6.45, 7) is 7.34. The molecule has 2 rings (SSSR count). The van der Waals surface area contributed by atoms with Crippen molar-refractivity contribution in [2.45, 2.75) is 39.0 Å². The van der Waals surface area contributed by atoms with Gasteiger partial charge in [0.1, 0.15) is 0 Å². The first-order chi connectivity index (χ1) is 10.2. The molecule has 1 amide bonds. The van der Waals surface area contributed by atoms with Crippen LogP contribution in [-0.2, 0) is 4.79 Å². The predicted molar refractivity (Wildman–Crippen MR) is 94.5 cm³/mol. The molecule has 0 aromatic heterocycles. The van der Waals surface area contributed by atoms with Crippen LogP contribution in [0.15, 0.2) is 30.3 Å². The Balaban J connectivity index is 0.00000242. The highest BCUT2D eigenvalue weighted by molar-refractivity contribution is 5.85. The number of nitrogens with one attached hydrogen (secondary N) is 2. The van der Waals surface area contributed by atoms with E-state index in [0.717, 1.165) is 44.0 Å². The van der Waals surface area contributed by atoms with Crippen molar-refractivity contribution in [1.82, 2.24) is 10.6 Å². The lowest BCUT2D eigenvalue weighted by molar-refractivity contribution is -0.123. The maximum absolute atomic E-state index is 12.6. The zero-order valence-corrected chi connectivity index (χ0v) is 14.5. The van der Waals surface area contributed by atoms with E-state index in [2.05, 4.69) is 36.6 Å². The fourth-order valence-electron chi connectivity index (χ4n) is 3.10. The number of carbonyl (C=O) groups is 1. The van der Waals surface area contributed by atoms with Crippen LogP contribution < -0.4 is 10.6 Å². The van der Waals surface area contributed by atoms with Gasteiger partial charge in [-0.25, -0.2) is 0 Å². The van der Waals surface area contributed by atoms with Crippen molar-refractivity contribution in [3.63, 3.8) is 0 Å². The molecule has 0 saturated carbocycles. The van der Waals surface area contributed by atoms with Crippen LogP contribution in [0.3, 0.4) is 0 Å². The quantitative estimate of drug-likeness (QED) is 0.807. The zero-order chi connectivity index (χ0) is 15.1. The summed E-state index contributed by atoms with van der Waals surface area (Å²) in [7, 11) is 0. The number of hydrogen-bond donors (Lipinski definition) is 2. The van der Waals surface area contributed by atoms with E-state index in [1.165, 1.54) is 6.42 Å². The zero-order valence-electron chi connectivity index (χ0n) is 13.7. The average molecular weight is 325 g/mol. The SMILES string of the molecule is CCC(C)C(C(=O)NCCC1CCNC1)c1ccccc1.Cl. The molecule has 1 saturated heterocycles. The van der Waals surface area contributed by atoms with Gasteiger partial charge in [-0.1, -0.05) is 50.6 Å². The van der Waals surface area contributed by atoms with Crippen molar-refractivity contribution in [2.75, 3.05) is 19.6 Å². The molecule has 1 fully saturated rings. The molecule has 1 heterocycles. The molecule has 0 bridgehead atoms. The molecule has 1 aromatic carbocycles. The summed E-state index contributed by atoms with van der Waals surface area (Å²) >= 11 is 0. The van der Waals surface area contributed by atoms with E-state index in [1.54, 1.807) is 0 Å². The molecule has 2 N–H and O–H groups in total. The van der Waals surface area contributed by atoms with Gasteiger partial charge in [0.05, 0.1) is 5.92 Å². The van der Waals surface area contributed by atoms with Gasteiger partial charge in [0.2, 0.25) is 5.91 Å². The first-order valence-corrected chi connectivity index (χ1v) is 8.25. The van der Waals surface area contributed by atoms with Gasteiger partial charge in [-0.3, -0.25) is 4.79 Å². The Bertz CT molecular complexity index is 432. The number of amides is 1. The monoisotopic (exact) mass is 324 g/mol. The Labute approximate surface area is 140 Å². The first kappa shape index (κ1) is 19.0. The molecule has 124 valence electrons. The lowest BCUT2D eigenvalue weighted by Crippen LogP contribution is -2.34. The topological polar surface area (TPSA) is 41.1 Å². The fourth-order valence-corrected chi connectivity index (χ4v) is 3.10. The van der Waals surface area contributed by atoms with Crippen molar-refractivity contribution in [1.29, 1.82) is 0 Å². The van der Waals surface area contributed by atoms with Gasteiger partial charge in [0.25, 0.3) is 0 Å². The fraction of sp³-hybridized carbons (Fsp3) is 0.611. The number of hydrogen-bond acceptors (Lipinski definition) is 2. The van der Waals surface area contributed by atoms with Crippen LogP contribution in [-0.4, -0.2) is 25.5 Å². The number of halogens is 1. The maximum atomic E-state index is 12.6. The molecule has 22 heavy (non-hydrogen) atoms. The smallest absolute Gasteiger partial charge is 0.227 e. The van der Waals surface area contributed by atoms with E-state index in [0.29, 0.717) is 5.92 Å². The van der Waals surface area contributed by atoms with Crippen LogP contribution in [0.1, 0.15) is 44.6 Å². The minimum atomic E-state index is -0.0297. The molecule has 0 spiro atoms. The van der Waals surface area contributed by atoms with Gasteiger partial charge in [0, 0.05) is 6.54 Å². The summed E-state index contributed by atoms with van der Waals surface area (Å²) in [5, 5.41) is 6.53. The van der Waals surface area contributed by atoms with E-state index in [-0.39, 0.29) is 24.2 Å². The molecule has 3 atom stereocenters. The third kappa shape index (κ3) is 5.29. The van der Waals surface area contributed by atoms with Crippen molar-refractivity contribution in [2.24, 2.45) is 11.8 Å². The normalized spacial score (nSPS) is 20.0. The van der Waals surface area contributed by atoms with E-state index >= 15 is 0 Å². The Morgan fingerprint density at radius 2 is 2.09 bits per heavy atom. The molecule has 4 heteroatoms. The number of carbonyl (C=O) groups excluding carboxylic acids is 1. The van der Waals surface area contributed by atoms with Crippen LogP contribution >= 0.6 is 12.4 Å². The van der Waals surface area contributed by atoms with Crippen molar-refractivity contribution < 1.29 is 4.79 Å². The second-order valence-corrected chi connectivity index (χ2v) is 6.21. The lowest BCUT2D eigenvalue weighted by atomic mass is 9.85. The van der Waals surface area contributed by atoms with Crippen LogP contribution in [0.4, 0.5) is 0 Å². The molecule has 3 nitrogen and oxygen atoms in total. The highest BCUT2D eigenvalue weighted by Gasteiger charge is 2.25. The molecule has 3 unspecified atom stereocenters. The van der Waals surface area contributed by atoms with Crippen LogP contribution in [0.5, 0.6) is 0 Å². The number of rotatable bonds is 7. The van der Waals surface area contributed by atoms with E-state index in [1.807, 2.05) is 18.2 Å². The predicted octanol–water partition coefficient (Wildman–Crippen LogP) is 3.35.